The number of benzene rings is 2. The summed E-state index contributed by atoms with van der Waals surface area (Å²) >= 11 is 0. The highest BCUT2D eigenvalue weighted by Crippen LogP contribution is 2.14. The summed E-state index contributed by atoms with van der Waals surface area (Å²) in [5.74, 6) is -0.318. The molecule has 0 atom stereocenters. The van der Waals surface area contributed by atoms with Crippen molar-refractivity contribution in [2.45, 2.75) is 6.61 Å². The number of hydrogen-bond donors (Lipinski definition) is 2. The second-order valence-electron chi connectivity index (χ2n) is 4.31. The smallest absolute Gasteiger partial charge is 0.255 e. The Labute approximate surface area is 118 Å². The molecule has 104 valence electrons. The van der Waals surface area contributed by atoms with E-state index < -0.39 is 0 Å². The maximum atomic E-state index is 11.8. The number of rotatable bonds is 6. The molecule has 1 amide bonds. The van der Waals surface area contributed by atoms with E-state index in [2.05, 4.69) is 5.32 Å². The van der Waals surface area contributed by atoms with E-state index >= 15 is 0 Å². The van der Waals surface area contributed by atoms with E-state index in [1.807, 2.05) is 30.3 Å². The third-order valence-corrected chi connectivity index (χ3v) is 2.79. The van der Waals surface area contributed by atoms with Crippen molar-refractivity contribution in [2.24, 2.45) is 0 Å². The molecule has 0 heterocycles. The number of ether oxygens (including phenoxy) is 1. The van der Waals surface area contributed by atoms with Gasteiger partial charge in [0, 0.05) is 6.54 Å². The van der Waals surface area contributed by atoms with Gasteiger partial charge in [-0.15, -0.1) is 0 Å². The first-order valence-electron chi connectivity index (χ1n) is 6.45. The van der Waals surface area contributed by atoms with E-state index in [1.54, 1.807) is 18.2 Å². The highest BCUT2D eigenvalue weighted by Gasteiger charge is 2.08. The minimum Gasteiger partial charge on any atom is -0.507 e. The summed E-state index contributed by atoms with van der Waals surface area (Å²) in [6.45, 7) is 1.35. The van der Waals surface area contributed by atoms with Crippen LogP contribution in [0.5, 0.6) is 5.75 Å². The van der Waals surface area contributed by atoms with Crippen molar-refractivity contribution in [2.75, 3.05) is 13.2 Å². The molecule has 0 aliphatic heterocycles. The lowest BCUT2D eigenvalue weighted by Crippen LogP contribution is -2.27. The number of phenolic OH excluding ortho intramolecular Hbond substituents is 1. The van der Waals surface area contributed by atoms with E-state index in [-0.39, 0.29) is 17.2 Å². The highest BCUT2D eigenvalue weighted by atomic mass is 16.5. The Bertz CT molecular complexity index is 555. The van der Waals surface area contributed by atoms with Gasteiger partial charge in [0.15, 0.2) is 0 Å². The summed E-state index contributed by atoms with van der Waals surface area (Å²) in [6, 6.07) is 16.3. The van der Waals surface area contributed by atoms with Crippen LogP contribution in [0, 0.1) is 0 Å². The Morgan fingerprint density at radius 1 is 1.05 bits per heavy atom. The quantitative estimate of drug-likeness (QED) is 0.793. The molecule has 0 saturated carbocycles. The van der Waals surface area contributed by atoms with Gasteiger partial charge in [-0.2, -0.15) is 0 Å². The number of carbonyl (C=O) groups is 1. The van der Waals surface area contributed by atoms with Crippen molar-refractivity contribution in [1.29, 1.82) is 0 Å². The van der Waals surface area contributed by atoms with Crippen molar-refractivity contribution < 1.29 is 14.6 Å². The summed E-state index contributed by atoms with van der Waals surface area (Å²) in [6.07, 6.45) is 0. The molecule has 2 aromatic rings. The first-order valence-corrected chi connectivity index (χ1v) is 6.45. The molecule has 0 spiro atoms. The van der Waals surface area contributed by atoms with Crippen LogP contribution < -0.4 is 5.32 Å². The Balaban J connectivity index is 1.69. The number of para-hydroxylation sites is 1. The summed E-state index contributed by atoms with van der Waals surface area (Å²) in [5.41, 5.74) is 1.37. The molecule has 0 fully saturated rings. The molecule has 0 aliphatic rings. The van der Waals surface area contributed by atoms with Crippen LogP contribution in [0.2, 0.25) is 0 Å². The van der Waals surface area contributed by atoms with E-state index in [1.165, 1.54) is 6.07 Å². The normalized spacial score (nSPS) is 10.2. The van der Waals surface area contributed by atoms with Crippen molar-refractivity contribution in [3.05, 3.63) is 65.7 Å². The van der Waals surface area contributed by atoms with Crippen LogP contribution in [-0.2, 0) is 11.3 Å². The first kappa shape index (κ1) is 14.1. The van der Waals surface area contributed by atoms with Gasteiger partial charge < -0.3 is 15.2 Å². The molecule has 2 aromatic carbocycles. The molecule has 4 nitrogen and oxygen atoms in total. The fourth-order valence-electron chi connectivity index (χ4n) is 1.76. The number of phenols is 1. The van der Waals surface area contributed by atoms with Gasteiger partial charge in [-0.3, -0.25) is 4.79 Å². The minimum atomic E-state index is -0.300. The molecule has 0 radical (unpaired) electrons. The number of carbonyl (C=O) groups excluding carboxylic acids is 1. The summed E-state index contributed by atoms with van der Waals surface area (Å²) in [7, 11) is 0. The molecule has 0 saturated heterocycles. The van der Waals surface area contributed by atoms with E-state index in [9.17, 15) is 9.90 Å². The predicted molar refractivity (Wildman–Crippen MR) is 76.5 cm³/mol. The monoisotopic (exact) mass is 271 g/mol. The standard InChI is InChI=1S/C16H17NO3/c18-15-9-5-4-8-14(15)16(19)17-10-11-20-12-13-6-2-1-3-7-13/h1-9,18H,10-12H2,(H,17,19). The van der Waals surface area contributed by atoms with Crippen LogP contribution >= 0.6 is 0 Å². The van der Waals surface area contributed by atoms with Crippen molar-refractivity contribution in [1.82, 2.24) is 5.32 Å². The van der Waals surface area contributed by atoms with Crippen LogP contribution in [0.4, 0.5) is 0 Å². The lowest BCUT2D eigenvalue weighted by atomic mass is 10.2. The zero-order chi connectivity index (χ0) is 14.2. The average Bonchev–Trinajstić information content (AvgIpc) is 2.48. The first-order chi connectivity index (χ1) is 9.77. The number of hydrogen-bond acceptors (Lipinski definition) is 3. The molecule has 2 N–H and O–H groups in total. The fraction of sp³-hybridized carbons (Fsp3) is 0.188. The SMILES string of the molecule is O=C(NCCOCc1ccccc1)c1ccccc1O. The topological polar surface area (TPSA) is 58.6 Å². The van der Waals surface area contributed by atoms with Gasteiger partial charge >= 0.3 is 0 Å². The van der Waals surface area contributed by atoms with Crippen molar-refractivity contribution >= 4 is 5.91 Å². The Hall–Kier alpha value is -2.33. The highest BCUT2D eigenvalue weighted by molar-refractivity contribution is 5.96. The van der Waals surface area contributed by atoms with E-state index in [4.69, 9.17) is 4.74 Å². The van der Waals surface area contributed by atoms with E-state index in [0.717, 1.165) is 5.56 Å². The van der Waals surface area contributed by atoms with Gasteiger partial charge in [-0.05, 0) is 17.7 Å². The third-order valence-electron chi connectivity index (χ3n) is 2.79. The molecule has 0 unspecified atom stereocenters. The summed E-state index contributed by atoms with van der Waals surface area (Å²) < 4.78 is 5.46. The van der Waals surface area contributed by atoms with Gasteiger partial charge in [0.25, 0.3) is 5.91 Å². The molecule has 2 rings (SSSR count). The lowest BCUT2D eigenvalue weighted by Gasteiger charge is -2.07. The lowest BCUT2D eigenvalue weighted by molar-refractivity contribution is 0.0898. The Kier molecular flexibility index (Phi) is 5.15. The Morgan fingerprint density at radius 3 is 2.50 bits per heavy atom. The average molecular weight is 271 g/mol. The Morgan fingerprint density at radius 2 is 1.75 bits per heavy atom. The van der Waals surface area contributed by atoms with E-state index in [0.29, 0.717) is 19.8 Å². The van der Waals surface area contributed by atoms with Gasteiger partial charge in [0.2, 0.25) is 0 Å². The second kappa shape index (κ2) is 7.31. The van der Waals surface area contributed by atoms with Crippen molar-refractivity contribution in [3.8, 4) is 5.75 Å². The van der Waals surface area contributed by atoms with Gasteiger partial charge in [-0.25, -0.2) is 0 Å². The predicted octanol–water partition coefficient (Wildman–Crippen LogP) is 2.34. The molecule has 4 heteroatoms. The summed E-state index contributed by atoms with van der Waals surface area (Å²) in [5, 5.41) is 12.2. The van der Waals surface area contributed by atoms with Gasteiger partial charge in [0.05, 0.1) is 18.8 Å². The number of nitrogens with one attached hydrogen (secondary N) is 1. The second-order valence-corrected chi connectivity index (χ2v) is 4.31. The fourth-order valence-corrected chi connectivity index (χ4v) is 1.76. The van der Waals surface area contributed by atoms with Crippen LogP contribution in [0.25, 0.3) is 0 Å². The number of amides is 1. The minimum absolute atomic E-state index is 0.0183. The third kappa shape index (κ3) is 4.10. The van der Waals surface area contributed by atoms with Crippen molar-refractivity contribution in [3.63, 3.8) is 0 Å². The molecule has 0 bridgehead atoms. The van der Waals surface area contributed by atoms with Crippen LogP contribution in [0.15, 0.2) is 54.6 Å². The van der Waals surface area contributed by atoms with Crippen LogP contribution in [0.1, 0.15) is 15.9 Å². The summed E-state index contributed by atoms with van der Waals surface area (Å²) in [4.78, 5) is 11.8. The maximum absolute atomic E-state index is 11.8. The van der Waals surface area contributed by atoms with Crippen LogP contribution in [-0.4, -0.2) is 24.2 Å². The number of aromatic hydroxyl groups is 1. The van der Waals surface area contributed by atoms with Gasteiger partial charge in [0.1, 0.15) is 5.75 Å². The molecule has 0 aliphatic carbocycles. The molecule has 0 aromatic heterocycles. The largest absolute Gasteiger partial charge is 0.507 e. The van der Waals surface area contributed by atoms with Crippen LogP contribution in [0.3, 0.4) is 0 Å². The zero-order valence-corrected chi connectivity index (χ0v) is 11.1. The van der Waals surface area contributed by atoms with Gasteiger partial charge in [-0.1, -0.05) is 42.5 Å². The zero-order valence-electron chi connectivity index (χ0n) is 11.1. The molecular formula is C16H17NO3. The molecule has 20 heavy (non-hydrogen) atoms. The maximum Gasteiger partial charge on any atom is 0.255 e. The molecular weight excluding hydrogens is 254 g/mol.